The van der Waals surface area contributed by atoms with Gasteiger partial charge in [0.2, 0.25) is 6.79 Å². The number of fused-ring (bicyclic) bond motifs is 1. The van der Waals surface area contributed by atoms with Gasteiger partial charge in [0.1, 0.15) is 5.75 Å². The number of rotatable bonds is 7. The van der Waals surface area contributed by atoms with E-state index in [-0.39, 0.29) is 48.4 Å². The van der Waals surface area contributed by atoms with Crippen molar-refractivity contribution in [2.45, 2.75) is 18.8 Å². The number of carbonyl (C=O) groups excluding carboxylic acids is 2. The Balaban J connectivity index is 1.62. The normalized spacial score (nSPS) is 13.3. The van der Waals surface area contributed by atoms with Gasteiger partial charge in [-0.05, 0) is 47.2 Å². The van der Waals surface area contributed by atoms with Gasteiger partial charge in [-0.25, -0.2) is 0 Å². The molecule has 3 aromatic rings. The van der Waals surface area contributed by atoms with Crippen molar-refractivity contribution in [1.82, 2.24) is 0 Å². The number of ketones is 2. The third kappa shape index (κ3) is 3.77. The van der Waals surface area contributed by atoms with Gasteiger partial charge in [0.05, 0.1) is 5.56 Å². The highest BCUT2D eigenvalue weighted by Crippen LogP contribution is 2.37. The molecule has 2 heterocycles. The Morgan fingerprint density at radius 2 is 1.79 bits per heavy atom. The van der Waals surface area contributed by atoms with Crippen LogP contribution in [0.4, 0.5) is 0 Å². The molecule has 0 bridgehead atoms. The number of aromatic hydroxyl groups is 1. The molecule has 1 aromatic heterocycles. The zero-order valence-electron chi connectivity index (χ0n) is 15.0. The van der Waals surface area contributed by atoms with Crippen LogP contribution in [-0.2, 0) is 0 Å². The molecule has 1 aliphatic rings. The Kier molecular flexibility index (Phi) is 5.12. The molecule has 142 valence electrons. The SMILES string of the molecule is O=C(CC(CC(=O)c1ccccc1O)c1ccc2c(c1)OCO2)c1ccsc1. The maximum Gasteiger partial charge on any atom is 0.231 e. The van der Waals surface area contributed by atoms with E-state index in [4.69, 9.17) is 9.47 Å². The molecule has 4 rings (SSSR count). The van der Waals surface area contributed by atoms with Crippen molar-refractivity contribution in [1.29, 1.82) is 0 Å². The predicted octanol–water partition coefficient (Wildman–Crippen LogP) is 4.81. The topological polar surface area (TPSA) is 72.8 Å². The van der Waals surface area contributed by atoms with Gasteiger partial charge >= 0.3 is 0 Å². The van der Waals surface area contributed by atoms with Crippen LogP contribution in [0.15, 0.2) is 59.3 Å². The van der Waals surface area contributed by atoms with Gasteiger partial charge in [0.15, 0.2) is 23.1 Å². The summed E-state index contributed by atoms with van der Waals surface area (Å²) in [6, 6.07) is 13.7. The minimum Gasteiger partial charge on any atom is -0.507 e. The minimum absolute atomic E-state index is 0.0194. The van der Waals surface area contributed by atoms with Crippen molar-refractivity contribution in [3.05, 3.63) is 76.0 Å². The third-order valence-electron chi connectivity index (χ3n) is 4.78. The summed E-state index contributed by atoms with van der Waals surface area (Å²) >= 11 is 1.46. The van der Waals surface area contributed by atoms with Crippen LogP contribution in [0.5, 0.6) is 17.2 Å². The van der Waals surface area contributed by atoms with Gasteiger partial charge in [-0.3, -0.25) is 9.59 Å². The summed E-state index contributed by atoms with van der Waals surface area (Å²) in [4.78, 5) is 25.5. The molecule has 1 aliphatic heterocycles. The first-order valence-electron chi connectivity index (χ1n) is 8.88. The van der Waals surface area contributed by atoms with Crippen LogP contribution in [0.2, 0.25) is 0 Å². The van der Waals surface area contributed by atoms with Gasteiger partial charge < -0.3 is 14.6 Å². The minimum atomic E-state index is -0.339. The summed E-state index contributed by atoms with van der Waals surface area (Å²) in [6.07, 6.45) is 0.294. The van der Waals surface area contributed by atoms with Crippen LogP contribution in [0.3, 0.4) is 0 Å². The summed E-state index contributed by atoms with van der Waals surface area (Å²) in [5.74, 6) is 0.641. The van der Waals surface area contributed by atoms with Gasteiger partial charge in [-0.2, -0.15) is 11.3 Å². The fourth-order valence-electron chi connectivity index (χ4n) is 3.28. The van der Waals surface area contributed by atoms with Gasteiger partial charge in [-0.1, -0.05) is 18.2 Å². The molecule has 1 unspecified atom stereocenters. The molecule has 1 N–H and O–H groups in total. The molecule has 1 atom stereocenters. The molecule has 0 saturated carbocycles. The van der Waals surface area contributed by atoms with E-state index in [9.17, 15) is 14.7 Å². The Morgan fingerprint density at radius 3 is 2.57 bits per heavy atom. The number of hydrogen-bond donors (Lipinski definition) is 1. The van der Waals surface area contributed by atoms with Crippen molar-refractivity contribution >= 4 is 22.9 Å². The second-order valence-electron chi connectivity index (χ2n) is 6.59. The smallest absolute Gasteiger partial charge is 0.231 e. The molecule has 2 aromatic carbocycles. The van der Waals surface area contributed by atoms with Crippen LogP contribution in [0.25, 0.3) is 0 Å². The van der Waals surface area contributed by atoms with Crippen molar-refractivity contribution in [2.75, 3.05) is 6.79 Å². The molecule has 0 saturated heterocycles. The monoisotopic (exact) mass is 394 g/mol. The van der Waals surface area contributed by atoms with Gasteiger partial charge in [-0.15, -0.1) is 0 Å². The van der Waals surface area contributed by atoms with Gasteiger partial charge in [0.25, 0.3) is 0 Å². The van der Waals surface area contributed by atoms with Crippen molar-refractivity contribution in [3.63, 3.8) is 0 Å². The van der Waals surface area contributed by atoms with E-state index < -0.39 is 0 Å². The van der Waals surface area contributed by atoms with Crippen LogP contribution < -0.4 is 9.47 Å². The molecule has 0 spiro atoms. The molecule has 28 heavy (non-hydrogen) atoms. The molecule has 5 nitrogen and oxygen atoms in total. The van der Waals surface area contributed by atoms with Crippen LogP contribution in [0, 0.1) is 0 Å². The first kappa shape index (κ1) is 18.3. The number of hydrogen-bond acceptors (Lipinski definition) is 6. The number of ether oxygens (including phenoxy) is 2. The molecular formula is C22H18O5S. The lowest BCUT2D eigenvalue weighted by molar-refractivity contribution is 0.0943. The lowest BCUT2D eigenvalue weighted by atomic mass is 9.86. The largest absolute Gasteiger partial charge is 0.507 e. The average molecular weight is 394 g/mol. The van der Waals surface area contributed by atoms with Crippen molar-refractivity contribution in [3.8, 4) is 17.2 Å². The van der Waals surface area contributed by atoms with Crippen molar-refractivity contribution < 1.29 is 24.2 Å². The average Bonchev–Trinajstić information content (AvgIpc) is 3.39. The van der Waals surface area contributed by atoms with E-state index in [1.165, 1.54) is 17.4 Å². The Morgan fingerprint density at radius 1 is 1.00 bits per heavy atom. The molecule has 0 amide bonds. The number of thiophene rings is 1. The maximum absolute atomic E-state index is 12.8. The number of benzene rings is 2. The number of phenols is 1. The fraction of sp³-hybridized carbons (Fsp3) is 0.182. The van der Waals surface area contributed by atoms with Crippen LogP contribution >= 0.6 is 11.3 Å². The highest BCUT2D eigenvalue weighted by molar-refractivity contribution is 7.08. The Labute approximate surface area is 166 Å². The third-order valence-corrected chi connectivity index (χ3v) is 5.46. The predicted molar refractivity (Wildman–Crippen MR) is 106 cm³/mol. The van der Waals surface area contributed by atoms with E-state index in [0.717, 1.165) is 5.56 Å². The summed E-state index contributed by atoms with van der Waals surface area (Å²) in [6.45, 7) is 0.161. The quantitative estimate of drug-likeness (QED) is 0.582. The number of Topliss-reactive ketones (excluding diaryl/α,β-unsaturated/α-hetero) is 2. The van der Waals surface area contributed by atoms with Crippen LogP contribution in [-0.4, -0.2) is 23.5 Å². The first-order valence-corrected chi connectivity index (χ1v) is 9.82. The van der Waals surface area contributed by atoms with E-state index >= 15 is 0 Å². The van der Waals surface area contributed by atoms with Crippen LogP contribution in [0.1, 0.15) is 45.0 Å². The Hall–Kier alpha value is -3.12. The number of phenolic OH excluding ortho intramolecular Hbond substituents is 1. The molecular weight excluding hydrogens is 376 g/mol. The molecule has 0 aliphatic carbocycles. The summed E-state index contributed by atoms with van der Waals surface area (Å²) in [7, 11) is 0. The summed E-state index contributed by atoms with van der Waals surface area (Å²) in [5, 5.41) is 13.7. The highest BCUT2D eigenvalue weighted by Gasteiger charge is 2.25. The zero-order chi connectivity index (χ0) is 19.5. The van der Waals surface area contributed by atoms with E-state index in [1.807, 2.05) is 22.9 Å². The molecule has 0 radical (unpaired) electrons. The first-order chi connectivity index (χ1) is 13.6. The standard InChI is InChI=1S/C22H18O5S/c23-18-4-2-1-3-17(18)20(25)10-16(9-19(24)15-7-8-28-12-15)14-5-6-21-22(11-14)27-13-26-21/h1-8,11-12,16,23H,9-10,13H2. The lowest BCUT2D eigenvalue weighted by Crippen LogP contribution is -2.12. The fourth-order valence-corrected chi connectivity index (χ4v) is 3.94. The second kappa shape index (κ2) is 7.86. The molecule has 0 fully saturated rings. The van der Waals surface area contributed by atoms with Gasteiger partial charge in [0, 0.05) is 23.8 Å². The number of para-hydroxylation sites is 1. The Bertz CT molecular complexity index is 1010. The summed E-state index contributed by atoms with van der Waals surface area (Å²) < 4.78 is 10.8. The lowest BCUT2D eigenvalue weighted by Gasteiger charge is -2.17. The maximum atomic E-state index is 12.8. The van der Waals surface area contributed by atoms with Crippen molar-refractivity contribution in [2.24, 2.45) is 0 Å². The molecule has 6 heteroatoms. The number of carbonyl (C=O) groups is 2. The highest BCUT2D eigenvalue weighted by atomic mass is 32.1. The second-order valence-corrected chi connectivity index (χ2v) is 7.37. The van der Waals surface area contributed by atoms with E-state index in [1.54, 1.807) is 30.3 Å². The zero-order valence-corrected chi connectivity index (χ0v) is 15.8. The van der Waals surface area contributed by atoms with E-state index in [2.05, 4.69) is 0 Å². The van der Waals surface area contributed by atoms with E-state index in [0.29, 0.717) is 17.1 Å². The summed E-state index contributed by atoms with van der Waals surface area (Å²) in [5.41, 5.74) is 1.73.